The Morgan fingerprint density at radius 1 is 1.60 bits per heavy atom. The molecule has 1 fully saturated rings. The second kappa shape index (κ2) is 6.19. The molecule has 1 saturated heterocycles. The fourth-order valence-electron chi connectivity index (χ4n) is 2.06. The maximum atomic E-state index is 11.9. The van der Waals surface area contributed by atoms with Crippen LogP contribution in [0.1, 0.15) is 10.4 Å². The summed E-state index contributed by atoms with van der Waals surface area (Å²) in [5.74, 6) is -1.04. The second-order valence-corrected chi connectivity index (χ2v) is 5.14. The summed E-state index contributed by atoms with van der Waals surface area (Å²) in [6, 6.07) is 0.890. The molecule has 1 unspecified atom stereocenters. The maximum Gasteiger partial charge on any atom is 0.339 e. The molecule has 1 aromatic heterocycles. The number of ether oxygens (including phenoxy) is 1. The molecule has 1 aliphatic rings. The van der Waals surface area contributed by atoms with Gasteiger partial charge in [-0.3, -0.25) is 4.79 Å². The standard InChI is InChI=1S/C12H14BrN3O4/c1-14-11(17)9-6-20-3-2-16(9)10-8(12(18)19)4-7(13)5-15-10/h4-5,9H,2-3,6H2,1H3,(H,14,17)(H,18,19). The average molecular weight is 344 g/mol. The molecule has 1 atom stereocenters. The second-order valence-electron chi connectivity index (χ2n) is 4.23. The molecule has 0 aromatic carbocycles. The van der Waals surface area contributed by atoms with Crippen LogP contribution < -0.4 is 10.2 Å². The number of amides is 1. The molecule has 8 heteroatoms. The van der Waals surface area contributed by atoms with E-state index < -0.39 is 12.0 Å². The highest BCUT2D eigenvalue weighted by atomic mass is 79.9. The number of pyridine rings is 1. The summed E-state index contributed by atoms with van der Waals surface area (Å²) in [5, 5.41) is 11.8. The Labute approximate surface area is 124 Å². The van der Waals surface area contributed by atoms with Gasteiger partial charge in [-0.1, -0.05) is 0 Å². The monoisotopic (exact) mass is 343 g/mol. The van der Waals surface area contributed by atoms with Crippen LogP contribution in [0.4, 0.5) is 5.82 Å². The number of nitrogens with zero attached hydrogens (tertiary/aromatic N) is 2. The lowest BCUT2D eigenvalue weighted by Crippen LogP contribution is -2.54. The number of likely N-dealkylation sites (N-methyl/N-ethyl adjacent to an activating group) is 1. The third-order valence-electron chi connectivity index (χ3n) is 3.01. The summed E-state index contributed by atoms with van der Waals surface area (Å²) in [6.45, 7) is 1.04. The van der Waals surface area contributed by atoms with E-state index in [1.54, 1.807) is 4.90 Å². The SMILES string of the molecule is CNC(=O)C1COCCN1c1ncc(Br)cc1C(=O)O. The fraction of sp³-hybridized carbons (Fsp3) is 0.417. The zero-order chi connectivity index (χ0) is 14.7. The third kappa shape index (κ3) is 2.91. The van der Waals surface area contributed by atoms with Crippen molar-refractivity contribution in [2.75, 3.05) is 31.7 Å². The van der Waals surface area contributed by atoms with Crippen molar-refractivity contribution in [1.82, 2.24) is 10.3 Å². The molecule has 2 rings (SSSR count). The topological polar surface area (TPSA) is 91.8 Å². The number of carbonyl (C=O) groups is 2. The number of carboxylic acids is 1. The van der Waals surface area contributed by atoms with Gasteiger partial charge in [0.2, 0.25) is 5.91 Å². The van der Waals surface area contributed by atoms with Crippen molar-refractivity contribution >= 4 is 33.6 Å². The third-order valence-corrected chi connectivity index (χ3v) is 3.45. The van der Waals surface area contributed by atoms with E-state index in [4.69, 9.17) is 4.74 Å². The first-order chi connectivity index (χ1) is 9.54. The first-order valence-corrected chi connectivity index (χ1v) is 6.78. The smallest absolute Gasteiger partial charge is 0.339 e. The van der Waals surface area contributed by atoms with Crippen molar-refractivity contribution in [1.29, 1.82) is 0 Å². The zero-order valence-corrected chi connectivity index (χ0v) is 12.4. The fourth-order valence-corrected chi connectivity index (χ4v) is 2.39. The van der Waals surface area contributed by atoms with Crippen LogP contribution in [0.25, 0.3) is 0 Å². The molecule has 0 aliphatic carbocycles. The van der Waals surface area contributed by atoms with Gasteiger partial charge in [0.1, 0.15) is 17.4 Å². The Bertz CT molecular complexity index is 537. The number of carboxylic acid groups (broad SMARTS) is 1. The molecule has 0 radical (unpaired) electrons. The Hall–Kier alpha value is -1.67. The van der Waals surface area contributed by atoms with Gasteiger partial charge in [-0.15, -0.1) is 0 Å². The Morgan fingerprint density at radius 2 is 2.35 bits per heavy atom. The van der Waals surface area contributed by atoms with Gasteiger partial charge < -0.3 is 20.1 Å². The molecule has 1 amide bonds. The molecule has 2 heterocycles. The zero-order valence-electron chi connectivity index (χ0n) is 10.8. The number of aromatic nitrogens is 1. The first kappa shape index (κ1) is 14.7. The molecule has 2 N–H and O–H groups in total. The van der Waals surface area contributed by atoms with Crippen LogP contribution in [-0.4, -0.2) is 54.8 Å². The number of aromatic carboxylic acids is 1. The van der Waals surface area contributed by atoms with Gasteiger partial charge in [-0.2, -0.15) is 0 Å². The quantitative estimate of drug-likeness (QED) is 0.830. The van der Waals surface area contributed by atoms with E-state index in [1.807, 2.05) is 0 Å². The lowest BCUT2D eigenvalue weighted by Gasteiger charge is -2.35. The number of morpholine rings is 1. The maximum absolute atomic E-state index is 11.9. The number of nitrogens with one attached hydrogen (secondary N) is 1. The van der Waals surface area contributed by atoms with Crippen molar-refractivity contribution in [2.45, 2.75) is 6.04 Å². The van der Waals surface area contributed by atoms with E-state index in [-0.39, 0.29) is 23.9 Å². The summed E-state index contributed by atoms with van der Waals surface area (Å²) < 4.78 is 5.87. The summed E-state index contributed by atoms with van der Waals surface area (Å²) in [4.78, 5) is 29.0. The van der Waals surface area contributed by atoms with Gasteiger partial charge in [0.25, 0.3) is 0 Å². The Morgan fingerprint density at radius 3 is 3.00 bits per heavy atom. The Balaban J connectivity index is 2.42. The van der Waals surface area contributed by atoms with E-state index >= 15 is 0 Å². The summed E-state index contributed by atoms with van der Waals surface area (Å²) in [6.07, 6.45) is 1.51. The highest BCUT2D eigenvalue weighted by Gasteiger charge is 2.32. The van der Waals surface area contributed by atoms with E-state index in [0.29, 0.717) is 17.6 Å². The number of hydrogen-bond acceptors (Lipinski definition) is 5. The molecule has 20 heavy (non-hydrogen) atoms. The van der Waals surface area contributed by atoms with Crippen LogP contribution in [0, 0.1) is 0 Å². The predicted molar refractivity (Wildman–Crippen MR) is 74.9 cm³/mol. The minimum atomic E-state index is -1.09. The van der Waals surface area contributed by atoms with Crippen LogP contribution >= 0.6 is 15.9 Å². The number of carbonyl (C=O) groups excluding carboxylic acids is 1. The Kier molecular flexibility index (Phi) is 4.56. The molecule has 0 bridgehead atoms. The van der Waals surface area contributed by atoms with Crippen LogP contribution in [0.5, 0.6) is 0 Å². The number of hydrogen-bond donors (Lipinski definition) is 2. The van der Waals surface area contributed by atoms with Crippen molar-refractivity contribution in [3.63, 3.8) is 0 Å². The van der Waals surface area contributed by atoms with Crippen molar-refractivity contribution in [3.05, 3.63) is 22.3 Å². The van der Waals surface area contributed by atoms with Crippen LogP contribution in [0.2, 0.25) is 0 Å². The largest absolute Gasteiger partial charge is 0.478 e. The highest BCUT2D eigenvalue weighted by molar-refractivity contribution is 9.10. The average Bonchev–Trinajstić information content (AvgIpc) is 2.46. The molecule has 0 spiro atoms. The molecule has 108 valence electrons. The molecule has 7 nitrogen and oxygen atoms in total. The molecule has 0 saturated carbocycles. The van der Waals surface area contributed by atoms with E-state index in [1.165, 1.54) is 19.3 Å². The molecular formula is C12H14BrN3O4. The van der Waals surface area contributed by atoms with Crippen LogP contribution in [0.3, 0.4) is 0 Å². The van der Waals surface area contributed by atoms with Crippen molar-refractivity contribution in [3.8, 4) is 0 Å². The van der Waals surface area contributed by atoms with Gasteiger partial charge >= 0.3 is 5.97 Å². The van der Waals surface area contributed by atoms with Gasteiger partial charge in [0.15, 0.2) is 0 Å². The minimum Gasteiger partial charge on any atom is -0.478 e. The summed E-state index contributed by atoms with van der Waals surface area (Å²) >= 11 is 3.20. The van der Waals surface area contributed by atoms with Gasteiger partial charge in [0, 0.05) is 24.3 Å². The normalized spacial score (nSPS) is 18.7. The van der Waals surface area contributed by atoms with E-state index in [2.05, 4.69) is 26.2 Å². The number of anilines is 1. The molecule has 1 aliphatic heterocycles. The minimum absolute atomic E-state index is 0.0511. The van der Waals surface area contributed by atoms with Crippen LogP contribution in [0.15, 0.2) is 16.7 Å². The van der Waals surface area contributed by atoms with E-state index in [9.17, 15) is 14.7 Å². The highest BCUT2D eigenvalue weighted by Crippen LogP contribution is 2.25. The lowest BCUT2D eigenvalue weighted by molar-refractivity contribution is -0.124. The lowest BCUT2D eigenvalue weighted by atomic mass is 10.1. The number of halogens is 1. The first-order valence-electron chi connectivity index (χ1n) is 5.99. The predicted octanol–water partition coefficient (Wildman–Crippen LogP) is 0.493. The molecule has 1 aromatic rings. The molecular weight excluding hydrogens is 330 g/mol. The number of rotatable bonds is 3. The summed E-state index contributed by atoms with van der Waals surface area (Å²) in [5.41, 5.74) is 0.0511. The van der Waals surface area contributed by atoms with Gasteiger partial charge in [-0.05, 0) is 22.0 Å². The summed E-state index contributed by atoms with van der Waals surface area (Å²) in [7, 11) is 1.53. The van der Waals surface area contributed by atoms with Crippen LogP contribution in [-0.2, 0) is 9.53 Å². The van der Waals surface area contributed by atoms with Crippen molar-refractivity contribution < 1.29 is 19.4 Å². The van der Waals surface area contributed by atoms with Gasteiger partial charge in [-0.25, -0.2) is 9.78 Å². The van der Waals surface area contributed by atoms with Gasteiger partial charge in [0.05, 0.1) is 13.2 Å². The van der Waals surface area contributed by atoms with E-state index in [0.717, 1.165) is 0 Å². The van der Waals surface area contributed by atoms with Crippen molar-refractivity contribution in [2.24, 2.45) is 0 Å².